The molecule has 26 heavy (non-hydrogen) atoms. The van der Waals surface area contributed by atoms with Gasteiger partial charge in [-0.2, -0.15) is 26.4 Å². The smallest absolute Gasteiger partial charge is 0.387 e. The number of hydrogen-bond acceptors (Lipinski definition) is 6. The molecule has 1 aromatic heterocycles. The standard InChI is InChI=1S/C15H15F2N3O5S/c16-15(17)25-11-1-3-12(4-2-11)26(23,24)20-8-10-7-19(9-13(10)18-20)14(22)5-6-21/h1-4,8,15,21H,5-7,9H2. The Morgan fingerprint density at radius 3 is 2.54 bits per heavy atom. The number of nitrogens with zero attached hydrogens (tertiary/aromatic N) is 3. The molecule has 11 heteroatoms. The van der Waals surface area contributed by atoms with Gasteiger partial charge in [0.25, 0.3) is 10.0 Å². The van der Waals surface area contributed by atoms with Gasteiger partial charge in [0, 0.05) is 24.7 Å². The second kappa shape index (κ2) is 7.00. The van der Waals surface area contributed by atoms with E-state index in [0.29, 0.717) is 11.3 Å². The molecule has 0 unspecified atom stereocenters. The monoisotopic (exact) mass is 387 g/mol. The summed E-state index contributed by atoms with van der Waals surface area (Å²) >= 11 is 0. The molecule has 0 radical (unpaired) electrons. The number of aromatic nitrogens is 2. The van der Waals surface area contributed by atoms with Crippen LogP contribution in [0, 0.1) is 0 Å². The Morgan fingerprint density at radius 2 is 1.96 bits per heavy atom. The summed E-state index contributed by atoms with van der Waals surface area (Å²) in [4.78, 5) is 13.1. The molecule has 0 aliphatic carbocycles. The molecule has 8 nitrogen and oxygen atoms in total. The summed E-state index contributed by atoms with van der Waals surface area (Å²) in [6.07, 6.45) is 1.32. The van der Waals surface area contributed by atoms with E-state index in [1.807, 2.05) is 0 Å². The van der Waals surface area contributed by atoms with E-state index >= 15 is 0 Å². The van der Waals surface area contributed by atoms with Crippen molar-refractivity contribution in [1.82, 2.24) is 14.1 Å². The molecule has 2 heterocycles. The summed E-state index contributed by atoms with van der Waals surface area (Å²) in [5.74, 6) is -0.394. The fourth-order valence-corrected chi connectivity index (χ4v) is 3.75. The number of ether oxygens (including phenoxy) is 1. The van der Waals surface area contributed by atoms with Crippen molar-refractivity contribution >= 4 is 15.9 Å². The molecule has 2 aromatic rings. The average Bonchev–Trinajstić information content (AvgIpc) is 3.14. The fourth-order valence-electron chi connectivity index (χ4n) is 2.58. The van der Waals surface area contributed by atoms with Crippen LogP contribution in [0.1, 0.15) is 17.7 Å². The Hall–Kier alpha value is -2.53. The van der Waals surface area contributed by atoms with Gasteiger partial charge in [-0.05, 0) is 24.3 Å². The molecule has 0 bridgehead atoms. The number of halogens is 2. The van der Waals surface area contributed by atoms with Crippen molar-refractivity contribution in [2.75, 3.05) is 6.61 Å². The van der Waals surface area contributed by atoms with E-state index in [4.69, 9.17) is 5.11 Å². The van der Waals surface area contributed by atoms with Gasteiger partial charge >= 0.3 is 6.61 Å². The molecule has 0 spiro atoms. The number of rotatable bonds is 6. The first kappa shape index (κ1) is 18.3. The van der Waals surface area contributed by atoms with Gasteiger partial charge in [-0.3, -0.25) is 4.79 Å². The Bertz CT molecular complexity index is 888. The van der Waals surface area contributed by atoms with E-state index in [1.165, 1.54) is 11.1 Å². The van der Waals surface area contributed by atoms with Gasteiger partial charge in [0.15, 0.2) is 0 Å². The summed E-state index contributed by atoms with van der Waals surface area (Å²) in [7, 11) is -3.99. The second-order valence-electron chi connectivity index (χ2n) is 5.55. The minimum atomic E-state index is -3.99. The predicted octanol–water partition coefficient (Wildman–Crippen LogP) is 0.946. The molecule has 3 rings (SSSR count). The Kier molecular flexibility index (Phi) is 4.92. The second-order valence-corrected chi connectivity index (χ2v) is 7.35. The Balaban J connectivity index is 1.78. The maximum atomic E-state index is 12.6. The number of hydrogen-bond donors (Lipinski definition) is 1. The highest BCUT2D eigenvalue weighted by Gasteiger charge is 2.29. The first-order chi connectivity index (χ1) is 12.3. The van der Waals surface area contributed by atoms with Crippen LogP contribution in [-0.4, -0.2) is 46.7 Å². The van der Waals surface area contributed by atoms with Gasteiger partial charge in [0.1, 0.15) is 5.75 Å². The maximum absolute atomic E-state index is 12.6. The lowest BCUT2D eigenvalue weighted by atomic mass is 10.3. The molecule has 0 fully saturated rings. The summed E-state index contributed by atoms with van der Waals surface area (Å²) in [6.45, 7) is -2.88. The predicted molar refractivity (Wildman–Crippen MR) is 83.8 cm³/mol. The lowest BCUT2D eigenvalue weighted by molar-refractivity contribution is -0.132. The molecular formula is C15H15F2N3O5S. The van der Waals surface area contributed by atoms with Crippen LogP contribution in [0.15, 0.2) is 35.4 Å². The van der Waals surface area contributed by atoms with Crippen LogP contribution >= 0.6 is 0 Å². The largest absolute Gasteiger partial charge is 0.435 e. The number of carbonyl (C=O) groups excluding carboxylic acids is 1. The zero-order chi connectivity index (χ0) is 18.9. The number of aliphatic hydroxyl groups excluding tert-OH is 1. The van der Waals surface area contributed by atoms with Crippen LogP contribution in [0.3, 0.4) is 0 Å². The Morgan fingerprint density at radius 1 is 1.27 bits per heavy atom. The SMILES string of the molecule is O=C(CCO)N1Cc2cn(S(=O)(=O)c3ccc(OC(F)F)cc3)nc2C1. The normalized spacial score (nSPS) is 13.9. The van der Waals surface area contributed by atoms with Crippen LogP contribution in [-0.2, 0) is 27.9 Å². The summed E-state index contributed by atoms with van der Waals surface area (Å²) in [5, 5.41) is 12.8. The van der Waals surface area contributed by atoms with Crippen molar-refractivity contribution in [2.24, 2.45) is 0 Å². The topological polar surface area (TPSA) is 102 Å². The van der Waals surface area contributed by atoms with Crippen LogP contribution in [0.5, 0.6) is 5.75 Å². The van der Waals surface area contributed by atoms with Gasteiger partial charge in [0.05, 0.1) is 23.7 Å². The van der Waals surface area contributed by atoms with Crippen LogP contribution in [0.4, 0.5) is 8.78 Å². The molecule has 1 aromatic carbocycles. The van der Waals surface area contributed by atoms with Gasteiger partial charge in [-0.25, -0.2) is 0 Å². The van der Waals surface area contributed by atoms with Crippen molar-refractivity contribution in [3.05, 3.63) is 41.7 Å². The Labute approximate surface area is 147 Å². The van der Waals surface area contributed by atoms with Crippen LogP contribution < -0.4 is 4.74 Å². The van der Waals surface area contributed by atoms with E-state index in [-0.39, 0.29) is 42.7 Å². The number of carbonyl (C=O) groups is 1. The fraction of sp³-hybridized carbons (Fsp3) is 0.333. The van der Waals surface area contributed by atoms with Gasteiger partial charge < -0.3 is 14.7 Å². The molecule has 1 aliphatic rings. The molecular weight excluding hydrogens is 372 g/mol. The third-order valence-electron chi connectivity index (χ3n) is 3.83. The summed E-state index contributed by atoms with van der Waals surface area (Å²) < 4.78 is 54.5. The van der Waals surface area contributed by atoms with E-state index in [2.05, 4.69) is 9.84 Å². The molecule has 1 amide bonds. The highest BCUT2D eigenvalue weighted by molar-refractivity contribution is 7.89. The summed E-state index contributed by atoms with van der Waals surface area (Å²) in [5.41, 5.74) is 1.05. The number of amides is 1. The first-order valence-electron chi connectivity index (χ1n) is 7.58. The lowest BCUT2D eigenvalue weighted by Crippen LogP contribution is -2.26. The molecule has 0 atom stereocenters. The number of alkyl halides is 2. The lowest BCUT2D eigenvalue weighted by Gasteiger charge is -2.14. The average molecular weight is 387 g/mol. The van der Waals surface area contributed by atoms with E-state index in [1.54, 1.807) is 0 Å². The highest BCUT2D eigenvalue weighted by atomic mass is 32.2. The third-order valence-corrected chi connectivity index (χ3v) is 5.38. The van der Waals surface area contributed by atoms with E-state index in [9.17, 15) is 22.0 Å². The third kappa shape index (κ3) is 3.53. The summed E-state index contributed by atoms with van der Waals surface area (Å²) in [6, 6.07) is 4.56. The van der Waals surface area contributed by atoms with Crippen molar-refractivity contribution in [1.29, 1.82) is 0 Å². The molecule has 1 N–H and O–H groups in total. The first-order valence-corrected chi connectivity index (χ1v) is 9.02. The molecule has 140 valence electrons. The number of benzene rings is 1. The number of fused-ring (bicyclic) bond motifs is 1. The molecule has 0 saturated heterocycles. The number of aliphatic hydroxyl groups is 1. The maximum Gasteiger partial charge on any atom is 0.387 e. The van der Waals surface area contributed by atoms with Crippen molar-refractivity contribution in [3.8, 4) is 5.75 Å². The van der Waals surface area contributed by atoms with Crippen LogP contribution in [0.2, 0.25) is 0 Å². The molecule has 0 saturated carbocycles. The zero-order valence-corrected chi connectivity index (χ0v) is 14.2. The van der Waals surface area contributed by atoms with Crippen LogP contribution in [0.25, 0.3) is 0 Å². The minimum absolute atomic E-state index is 0.00436. The zero-order valence-electron chi connectivity index (χ0n) is 13.4. The minimum Gasteiger partial charge on any atom is -0.435 e. The van der Waals surface area contributed by atoms with Gasteiger partial charge in [-0.15, -0.1) is 0 Å². The van der Waals surface area contributed by atoms with Gasteiger partial charge in [-0.1, -0.05) is 0 Å². The molecule has 1 aliphatic heterocycles. The quantitative estimate of drug-likeness (QED) is 0.792. The van der Waals surface area contributed by atoms with Crippen molar-refractivity contribution < 1.29 is 31.8 Å². The highest BCUT2D eigenvalue weighted by Crippen LogP contribution is 2.25. The van der Waals surface area contributed by atoms with Crippen molar-refractivity contribution in [3.63, 3.8) is 0 Å². The van der Waals surface area contributed by atoms with E-state index in [0.717, 1.165) is 28.4 Å². The van der Waals surface area contributed by atoms with Crippen molar-refractivity contribution in [2.45, 2.75) is 31.0 Å². The van der Waals surface area contributed by atoms with Gasteiger partial charge in [0.2, 0.25) is 5.91 Å². The van der Waals surface area contributed by atoms with E-state index < -0.39 is 16.6 Å².